The summed E-state index contributed by atoms with van der Waals surface area (Å²) in [7, 11) is 6.43. The molecule has 0 bridgehead atoms. The van der Waals surface area contributed by atoms with Crippen molar-refractivity contribution in [2.45, 2.75) is 93.6 Å². The number of alkyl halides is 1. The first kappa shape index (κ1) is 120. The quantitative estimate of drug-likeness (QED) is 0.0359. The van der Waals surface area contributed by atoms with Crippen molar-refractivity contribution in [2.24, 2.45) is 0 Å². The van der Waals surface area contributed by atoms with Crippen LogP contribution in [0.4, 0.5) is 0 Å². The Hall–Kier alpha value is -0.377. The Labute approximate surface area is 691 Å². The van der Waals surface area contributed by atoms with Gasteiger partial charge in [-0.25, -0.2) is 0 Å². The molecule has 0 amide bonds. The van der Waals surface area contributed by atoms with Crippen LogP contribution in [0.1, 0.15) is 80.6 Å². The Bertz CT molecular complexity index is 2600. The van der Waals surface area contributed by atoms with E-state index in [0.717, 1.165) is 61.8 Å². The summed E-state index contributed by atoms with van der Waals surface area (Å²) >= 11 is 5.68. The summed E-state index contributed by atoms with van der Waals surface area (Å²) in [5.74, 6) is 0.968. The molecule has 0 aromatic heterocycles. The second-order valence-corrected chi connectivity index (χ2v) is 16.1. The van der Waals surface area contributed by atoms with Crippen molar-refractivity contribution in [1.82, 2.24) is 0 Å². The van der Waals surface area contributed by atoms with Crippen LogP contribution in [0.3, 0.4) is 0 Å². The summed E-state index contributed by atoms with van der Waals surface area (Å²) in [6.45, 7) is 15.7. The number of carbonyl (C=O) groups is 3. The second-order valence-electron chi connectivity index (χ2n) is 15.9. The number of nitrogens with zero attached hydrogens (tertiary/aromatic N) is 1. The number of rotatable bonds is 13. The van der Waals surface area contributed by atoms with Gasteiger partial charge in [-0.1, -0.05) is 86.6 Å². The molecule has 14 nitrogen and oxygen atoms in total. The molecule has 0 atom stereocenters. The first-order valence-electron chi connectivity index (χ1n) is 23.0. The summed E-state index contributed by atoms with van der Waals surface area (Å²) in [4.78, 5) is 31.1. The Morgan fingerprint density at radius 2 is 0.640 bits per heavy atom. The number of carboxylic acids is 3. The van der Waals surface area contributed by atoms with Gasteiger partial charge in [-0.3, -0.25) is 14.4 Å². The third-order valence-electron chi connectivity index (χ3n) is 9.86. The Kier molecular flexibility index (Phi) is 98.0. The van der Waals surface area contributed by atoms with E-state index in [1.165, 1.54) is 5.56 Å². The van der Waals surface area contributed by atoms with Crippen LogP contribution in [-0.2, 0) is 249 Å². The van der Waals surface area contributed by atoms with Gasteiger partial charge in [0.2, 0.25) is 0 Å². The van der Waals surface area contributed by atoms with Crippen molar-refractivity contribution in [3.8, 4) is 40.6 Å². The van der Waals surface area contributed by atoms with Gasteiger partial charge in [-0.05, 0) is 111 Å². The molecule has 0 fully saturated rings. The Morgan fingerprint density at radius 1 is 0.419 bits per heavy atom. The fourth-order valence-electron chi connectivity index (χ4n) is 6.16. The zero-order valence-electron chi connectivity index (χ0n) is 53.9. The van der Waals surface area contributed by atoms with E-state index in [0.29, 0.717) is 34.7 Å². The summed E-state index contributed by atoms with van der Waals surface area (Å²) in [5, 5.41) is 61.4. The number of hydrogen-bond acceptors (Lipinski definition) is 11. The summed E-state index contributed by atoms with van der Waals surface area (Å²) in [5.41, 5.74) is 10.8. The molecule has 0 saturated carbocycles. The molecule has 6 radical (unpaired) electrons. The molecule has 0 aliphatic heterocycles. The maximum absolute atomic E-state index is 10.5. The van der Waals surface area contributed by atoms with Gasteiger partial charge in [0.1, 0.15) is 34.5 Å². The standard InChI is InChI=1S/C10H11NO.C10H12O3.C9H11ClO.2C9H10O3.C9H12O2.C2H6.6CH3.HI.6Y/c1-8-3-4-9(5-6-11)10(7-8)12-2;1-7-3-4-8(6-10(11)12)9(5-7)13-2;1-7-3-4-8(6-10)9(5-7)11-2;2*1-6-2-3-7(5-9(11)12)8(10)4-6;1-7-3-4-8(6-10)9(5-7)11-2;1-2;;;;;;;;;;;;;/h3-4,7H,5H2,1-2H3;3-5H,6H2,1-2H3,(H,11,12);3-5H,6H2,1-2H3;2*2-4,10H,5H2,1H3,(H,11,12);3-5,10H,6H2,1-2H3;1-2H3;6*1H3;1H;;;;;;/q;;;;;;;6*-1;;;;;;;. The summed E-state index contributed by atoms with van der Waals surface area (Å²) in [6, 6.07) is 35.1. The molecule has 468 valence electrons. The van der Waals surface area contributed by atoms with Gasteiger partial charge in [0, 0.05) is 230 Å². The van der Waals surface area contributed by atoms with Crippen LogP contribution in [0.2, 0.25) is 0 Å². The molecule has 6 rings (SSSR count). The third kappa shape index (κ3) is 52.2. The number of ether oxygens (including phenoxy) is 4. The number of phenolic OH excluding ortho intramolecular Hbond substituents is 2. The van der Waals surface area contributed by atoms with Crippen molar-refractivity contribution in [3.63, 3.8) is 0 Å². The van der Waals surface area contributed by atoms with Crippen LogP contribution in [0.15, 0.2) is 109 Å². The van der Waals surface area contributed by atoms with Crippen molar-refractivity contribution in [3.05, 3.63) is 221 Å². The van der Waals surface area contributed by atoms with Crippen LogP contribution >= 0.6 is 35.6 Å². The number of aryl methyl sites for hydroxylation is 6. The number of nitriles is 1. The molecule has 86 heavy (non-hydrogen) atoms. The number of methoxy groups -OCH3 is 4. The zero-order valence-corrected chi connectivity index (χ0v) is 74.0. The zero-order chi connectivity index (χ0) is 55.6. The number of hydrogen-bond donors (Lipinski definition) is 6. The minimum atomic E-state index is -0.936. The fourth-order valence-corrected chi connectivity index (χ4v) is 6.38. The molecular formula is C64H91ClINO13Y6-6. The first-order valence-corrected chi connectivity index (χ1v) is 23.5. The molecule has 6 N–H and O–H groups in total. The number of halogens is 2. The van der Waals surface area contributed by atoms with Gasteiger partial charge >= 0.3 is 17.9 Å². The largest absolute Gasteiger partial charge is 0.508 e. The van der Waals surface area contributed by atoms with Crippen molar-refractivity contribution in [2.75, 3.05) is 28.4 Å². The Morgan fingerprint density at radius 3 is 0.895 bits per heavy atom. The van der Waals surface area contributed by atoms with Crippen molar-refractivity contribution >= 4 is 53.5 Å². The van der Waals surface area contributed by atoms with Gasteiger partial charge < -0.3 is 94.1 Å². The monoisotopic (exact) mass is 1780 g/mol. The van der Waals surface area contributed by atoms with E-state index < -0.39 is 17.9 Å². The van der Waals surface area contributed by atoms with Crippen molar-refractivity contribution < 1.29 is 260 Å². The molecule has 0 aliphatic carbocycles. The van der Waals surface area contributed by atoms with Gasteiger partial charge in [0.05, 0.1) is 72.7 Å². The van der Waals surface area contributed by atoms with E-state index in [-0.39, 0.29) is 302 Å². The second kappa shape index (κ2) is 70.5. The number of aromatic hydroxyl groups is 2. The van der Waals surface area contributed by atoms with E-state index >= 15 is 0 Å². The van der Waals surface area contributed by atoms with Crippen LogP contribution in [0, 0.1) is 97.4 Å². The fraction of sp³-hybridized carbons (Fsp3) is 0.281. The van der Waals surface area contributed by atoms with E-state index in [1.54, 1.807) is 70.9 Å². The average Bonchev–Trinajstić information content (AvgIpc) is 3.35. The number of benzene rings is 6. The van der Waals surface area contributed by atoms with Crippen LogP contribution in [0.5, 0.6) is 34.5 Å². The van der Waals surface area contributed by atoms with Gasteiger partial charge in [0.15, 0.2) is 0 Å². The first-order chi connectivity index (χ1) is 34.6. The maximum atomic E-state index is 10.5. The predicted octanol–water partition coefficient (Wildman–Crippen LogP) is 14.9. The number of aliphatic carboxylic acids is 3. The average molecular weight is 1780 g/mol. The SMILES string of the molecule is CC.COc1cc(C)ccc1CC#N.COc1cc(C)ccc1CC(=O)O.COc1cc(C)ccc1CCl.COc1cc(C)ccc1CO.Cc1ccc(CC(=O)O)c(O)c1.Cc1ccc(CC(=O)O)c(O)c1.I.[CH3-].[CH3-].[CH3-].[CH3-].[CH3-].[CH3-].[Y].[Y].[Y].[Y].[Y].[Y]. The van der Waals surface area contributed by atoms with Crippen LogP contribution in [-0.4, -0.2) is 77.0 Å². The topological polar surface area (TPSA) is 233 Å². The molecule has 22 heteroatoms. The van der Waals surface area contributed by atoms with E-state index in [1.807, 2.05) is 122 Å². The Balaban J connectivity index is -0.0000000582. The van der Waals surface area contributed by atoms with Crippen molar-refractivity contribution in [1.29, 1.82) is 5.26 Å². The molecular weight excluding hydrogens is 1690 g/mol. The van der Waals surface area contributed by atoms with E-state index in [4.69, 9.17) is 56.2 Å². The number of carboxylic acid groups (broad SMARTS) is 3. The molecule has 0 heterocycles. The minimum Gasteiger partial charge on any atom is -0.508 e. The molecule has 0 unspecified atom stereocenters. The summed E-state index contributed by atoms with van der Waals surface area (Å²) in [6.07, 6.45) is 0.144. The molecule has 0 spiro atoms. The predicted molar refractivity (Wildman–Crippen MR) is 341 cm³/mol. The van der Waals surface area contributed by atoms with Gasteiger partial charge in [0.25, 0.3) is 0 Å². The molecule has 6 aromatic carbocycles. The molecule has 0 saturated heterocycles. The van der Waals surface area contributed by atoms with Crippen LogP contribution < -0.4 is 18.9 Å². The molecule has 6 aromatic rings. The smallest absolute Gasteiger partial charge is 0.307 e. The van der Waals surface area contributed by atoms with Crippen LogP contribution in [0.25, 0.3) is 0 Å². The normalized spacial score (nSPS) is 8.01. The van der Waals surface area contributed by atoms with E-state index in [2.05, 4.69) is 6.07 Å². The number of aliphatic hydroxyl groups is 1. The van der Waals surface area contributed by atoms with E-state index in [9.17, 15) is 24.6 Å². The van der Waals surface area contributed by atoms with Gasteiger partial charge in [-0.15, -0.1) is 35.6 Å². The molecule has 0 aliphatic rings. The maximum Gasteiger partial charge on any atom is 0.307 e. The third-order valence-corrected chi connectivity index (χ3v) is 10.1. The summed E-state index contributed by atoms with van der Waals surface area (Å²) < 4.78 is 20.4. The minimum absolute atomic E-state index is 0. The number of phenols is 2. The van der Waals surface area contributed by atoms with Gasteiger partial charge in [-0.2, -0.15) is 5.26 Å². The number of aliphatic hydroxyl groups excluding tert-OH is 1.